The summed E-state index contributed by atoms with van der Waals surface area (Å²) in [5, 5.41) is 11.5. The lowest BCUT2D eigenvalue weighted by atomic mass is 10.1. The highest BCUT2D eigenvalue weighted by atomic mass is 35.5. The summed E-state index contributed by atoms with van der Waals surface area (Å²) >= 11 is 6.04. The van der Waals surface area contributed by atoms with Gasteiger partial charge in [-0.3, -0.25) is 0 Å². The fourth-order valence-corrected chi connectivity index (χ4v) is 3.63. The monoisotopic (exact) mass is 448 g/mol. The van der Waals surface area contributed by atoms with Gasteiger partial charge in [0, 0.05) is 42.8 Å². The molecule has 0 radical (unpaired) electrons. The SMILES string of the molecule is CCNC(=NCc1nc(-c2cccc(Cl)c2)no1)NC1CCN(CCOC(C)C)CC1. The van der Waals surface area contributed by atoms with Crippen LogP contribution in [0.5, 0.6) is 0 Å². The molecule has 1 saturated heterocycles. The van der Waals surface area contributed by atoms with Gasteiger partial charge >= 0.3 is 0 Å². The van der Waals surface area contributed by atoms with E-state index in [0.717, 1.165) is 57.2 Å². The Morgan fingerprint density at radius 1 is 1.35 bits per heavy atom. The molecule has 1 aromatic heterocycles. The molecule has 9 heteroatoms. The van der Waals surface area contributed by atoms with Crippen molar-refractivity contribution < 1.29 is 9.26 Å². The van der Waals surface area contributed by atoms with Crippen LogP contribution in [0.25, 0.3) is 11.4 Å². The number of aromatic nitrogens is 2. The Morgan fingerprint density at radius 3 is 2.87 bits per heavy atom. The van der Waals surface area contributed by atoms with E-state index in [4.69, 9.17) is 20.9 Å². The van der Waals surface area contributed by atoms with Crippen molar-refractivity contribution in [1.29, 1.82) is 0 Å². The number of likely N-dealkylation sites (tertiary alicyclic amines) is 1. The van der Waals surface area contributed by atoms with Gasteiger partial charge in [0.1, 0.15) is 6.54 Å². The molecule has 1 aliphatic heterocycles. The van der Waals surface area contributed by atoms with Gasteiger partial charge in [-0.05, 0) is 45.7 Å². The van der Waals surface area contributed by atoms with Gasteiger partial charge in [0.05, 0.1) is 12.7 Å². The number of ether oxygens (including phenoxy) is 1. The minimum Gasteiger partial charge on any atom is -0.377 e. The summed E-state index contributed by atoms with van der Waals surface area (Å²) in [5.41, 5.74) is 0.821. The second kappa shape index (κ2) is 12.0. The molecule has 0 saturated carbocycles. The van der Waals surface area contributed by atoms with Gasteiger partial charge in [-0.15, -0.1) is 0 Å². The summed E-state index contributed by atoms with van der Waals surface area (Å²) in [5.74, 6) is 1.75. The number of benzene rings is 1. The van der Waals surface area contributed by atoms with Gasteiger partial charge in [0.15, 0.2) is 5.96 Å². The summed E-state index contributed by atoms with van der Waals surface area (Å²) in [7, 11) is 0. The second-order valence-corrected chi connectivity index (χ2v) is 8.33. The van der Waals surface area contributed by atoms with Crippen LogP contribution in [0.4, 0.5) is 0 Å². The largest absolute Gasteiger partial charge is 0.377 e. The molecule has 1 aromatic carbocycles. The molecule has 1 fully saturated rings. The molecule has 3 rings (SSSR count). The van der Waals surface area contributed by atoms with Crippen LogP contribution in [0, 0.1) is 0 Å². The fraction of sp³-hybridized carbons (Fsp3) is 0.591. The molecule has 8 nitrogen and oxygen atoms in total. The van der Waals surface area contributed by atoms with Gasteiger partial charge < -0.3 is 24.8 Å². The molecule has 0 unspecified atom stereocenters. The number of halogens is 1. The minimum atomic E-state index is 0.290. The predicted molar refractivity (Wildman–Crippen MR) is 123 cm³/mol. The average molecular weight is 449 g/mol. The second-order valence-electron chi connectivity index (χ2n) is 7.90. The van der Waals surface area contributed by atoms with Crippen LogP contribution in [-0.2, 0) is 11.3 Å². The molecule has 2 N–H and O–H groups in total. The molecule has 31 heavy (non-hydrogen) atoms. The van der Waals surface area contributed by atoms with Crippen molar-refractivity contribution in [2.45, 2.75) is 52.3 Å². The predicted octanol–water partition coefficient (Wildman–Crippen LogP) is 3.33. The van der Waals surface area contributed by atoms with E-state index in [-0.39, 0.29) is 0 Å². The number of nitrogens with one attached hydrogen (secondary N) is 2. The molecule has 0 atom stereocenters. The van der Waals surface area contributed by atoms with E-state index < -0.39 is 0 Å². The first-order valence-electron chi connectivity index (χ1n) is 11.0. The molecule has 0 spiro atoms. The Balaban J connectivity index is 1.50. The lowest BCUT2D eigenvalue weighted by Gasteiger charge is -2.33. The van der Waals surface area contributed by atoms with Crippen LogP contribution in [0.15, 0.2) is 33.8 Å². The molecule has 0 bridgehead atoms. The fourth-order valence-electron chi connectivity index (χ4n) is 3.44. The number of piperidine rings is 1. The van der Waals surface area contributed by atoms with Crippen LogP contribution >= 0.6 is 11.6 Å². The summed E-state index contributed by atoms with van der Waals surface area (Å²) < 4.78 is 11.0. The van der Waals surface area contributed by atoms with Crippen molar-refractivity contribution in [2.75, 3.05) is 32.8 Å². The lowest BCUT2D eigenvalue weighted by molar-refractivity contribution is 0.0532. The number of guanidine groups is 1. The third-order valence-electron chi connectivity index (χ3n) is 5.05. The molecule has 170 valence electrons. The number of hydrogen-bond acceptors (Lipinski definition) is 6. The zero-order valence-electron chi connectivity index (χ0n) is 18.6. The van der Waals surface area contributed by atoms with Gasteiger partial charge in [-0.1, -0.05) is 28.9 Å². The zero-order chi connectivity index (χ0) is 22.1. The van der Waals surface area contributed by atoms with E-state index >= 15 is 0 Å². The van der Waals surface area contributed by atoms with E-state index in [9.17, 15) is 0 Å². The Bertz CT molecular complexity index is 833. The van der Waals surface area contributed by atoms with Crippen molar-refractivity contribution in [1.82, 2.24) is 25.7 Å². The third kappa shape index (κ3) is 7.79. The van der Waals surface area contributed by atoms with Gasteiger partial charge in [0.25, 0.3) is 0 Å². The maximum atomic E-state index is 6.04. The highest BCUT2D eigenvalue weighted by molar-refractivity contribution is 6.30. The zero-order valence-corrected chi connectivity index (χ0v) is 19.4. The molecule has 2 aromatic rings. The lowest BCUT2D eigenvalue weighted by Crippen LogP contribution is -2.49. The molecule has 2 heterocycles. The number of hydrogen-bond donors (Lipinski definition) is 2. The van der Waals surface area contributed by atoms with Crippen molar-refractivity contribution in [3.8, 4) is 11.4 Å². The molecule has 0 amide bonds. The minimum absolute atomic E-state index is 0.290. The number of aliphatic imine (C=N–C) groups is 1. The molecule has 1 aliphatic rings. The standard InChI is InChI=1S/C22H33ClN6O2/c1-4-24-22(26-19-8-10-29(11-9-19)12-13-30-16(2)3)25-15-20-27-21(28-31-20)17-6-5-7-18(23)14-17/h5-7,14,16,19H,4,8-13,15H2,1-3H3,(H2,24,25,26). The van der Waals surface area contributed by atoms with E-state index in [1.807, 2.05) is 24.3 Å². The normalized spacial score (nSPS) is 16.1. The van der Waals surface area contributed by atoms with E-state index in [0.29, 0.717) is 35.4 Å². The van der Waals surface area contributed by atoms with Gasteiger partial charge in [-0.2, -0.15) is 4.98 Å². The summed E-state index contributed by atoms with van der Waals surface area (Å²) in [6.45, 7) is 11.2. The van der Waals surface area contributed by atoms with Crippen LogP contribution in [-0.4, -0.2) is 65.9 Å². The molecular formula is C22H33ClN6O2. The number of rotatable bonds is 9. The maximum absolute atomic E-state index is 6.04. The highest BCUT2D eigenvalue weighted by Gasteiger charge is 2.20. The van der Waals surface area contributed by atoms with Crippen molar-refractivity contribution in [2.24, 2.45) is 4.99 Å². The Kier molecular flexibility index (Phi) is 9.12. The highest BCUT2D eigenvalue weighted by Crippen LogP contribution is 2.20. The Morgan fingerprint density at radius 2 is 2.16 bits per heavy atom. The topological polar surface area (TPSA) is 87.8 Å². The van der Waals surface area contributed by atoms with Crippen molar-refractivity contribution in [3.05, 3.63) is 35.2 Å². The maximum Gasteiger partial charge on any atom is 0.248 e. The van der Waals surface area contributed by atoms with Gasteiger partial charge in [0.2, 0.25) is 11.7 Å². The van der Waals surface area contributed by atoms with Crippen LogP contribution < -0.4 is 10.6 Å². The van der Waals surface area contributed by atoms with E-state index in [2.05, 4.69) is 51.4 Å². The third-order valence-corrected chi connectivity index (χ3v) is 5.29. The van der Waals surface area contributed by atoms with Crippen molar-refractivity contribution >= 4 is 17.6 Å². The van der Waals surface area contributed by atoms with Crippen LogP contribution in [0.3, 0.4) is 0 Å². The smallest absolute Gasteiger partial charge is 0.248 e. The summed E-state index contributed by atoms with van der Waals surface area (Å²) in [6.07, 6.45) is 2.44. The average Bonchev–Trinajstić information content (AvgIpc) is 3.22. The van der Waals surface area contributed by atoms with Crippen molar-refractivity contribution in [3.63, 3.8) is 0 Å². The Labute approximate surface area is 189 Å². The first-order chi connectivity index (χ1) is 15.0. The quantitative estimate of drug-likeness (QED) is 0.449. The summed E-state index contributed by atoms with van der Waals surface area (Å²) in [6, 6.07) is 7.78. The number of nitrogens with zero attached hydrogens (tertiary/aromatic N) is 4. The molecule has 0 aliphatic carbocycles. The van der Waals surface area contributed by atoms with Gasteiger partial charge in [-0.25, -0.2) is 4.99 Å². The van der Waals surface area contributed by atoms with E-state index in [1.54, 1.807) is 0 Å². The summed E-state index contributed by atoms with van der Waals surface area (Å²) in [4.78, 5) is 11.5. The molecular weight excluding hydrogens is 416 g/mol. The van der Waals surface area contributed by atoms with Crippen LogP contribution in [0.1, 0.15) is 39.5 Å². The van der Waals surface area contributed by atoms with E-state index in [1.165, 1.54) is 0 Å². The first-order valence-corrected chi connectivity index (χ1v) is 11.4. The van der Waals surface area contributed by atoms with Crippen LogP contribution in [0.2, 0.25) is 5.02 Å². The Hall–Kier alpha value is -2.16. The first kappa shape index (κ1) is 23.5.